The minimum atomic E-state index is -1.34. The van der Waals surface area contributed by atoms with Crippen molar-refractivity contribution in [2.75, 3.05) is 9.80 Å². The molecule has 0 aromatic heterocycles. The zero-order valence-electron chi connectivity index (χ0n) is 17.6. The molecule has 2 aromatic carbocycles. The van der Waals surface area contributed by atoms with Crippen LogP contribution in [0.1, 0.15) is 49.5 Å². The van der Waals surface area contributed by atoms with E-state index in [2.05, 4.69) is 0 Å². The number of esters is 1. The summed E-state index contributed by atoms with van der Waals surface area (Å²) < 4.78 is 20.1. The monoisotopic (exact) mass is 455 g/mol. The van der Waals surface area contributed by atoms with Crippen molar-refractivity contribution in [2.45, 2.75) is 44.8 Å². The Kier molecular flexibility index (Phi) is 4.98. The first-order valence-electron chi connectivity index (χ1n) is 9.90. The largest absolute Gasteiger partial charge is 0.456 e. The highest BCUT2D eigenvalue weighted by molar-refractivity contribution is 6.33. The number of carbonyl (C=O) groups is 3. The van der Waals surface area contributed by atoms with Crippen LogP contribution in [0.4, 0.5) is 20.6 Å². The average molecular weight is 456 g/mol. The maximum absolute atomic E-state index is 14.8. The van der Waals surface area contributed by atoms with Crippen LogP contribution in [-0.4, -0.2) is 29.0 Å². The van der Waals surface area contributed by atoms with E-state index in [9.17, 15) is 18.8 Å². The van der Waals surface area contributed by atoms with Crippen LogP contribution in [0.3, 0.4) is 0 Å². The Hall–Kier alpha value is -3.44. The van der Waals surface area contributed by atoms with Gasteiger partial charge in [0.15, 0.2) is 0 Å². The number of hydrogen-bond donors (Lipinski definition) is 0. The molecule has 2 aromatic rings. The third-order valence-corrected chi connectivity index (χ3v) is 6.04. The lowest BCUT2D eigenvalue weighted by atomic mass is 10.0. The quantitative estimate of drug-likeness (QED) is 0.487. The Morgan fingerprint density at radius 2 is 1.78 bits per heavy atom. The molecule has 3 amide bonds. The van der Waals surface area contributed by atoms with Crippen LogP contribution < -0.4 is 9.80 Å². The molecule has 0 unspecified atom stereocenters. The number of carbonyl (C=O) groups excluding carboxylic acids is 3. The summed E-state index contributed by atoms with van der Waals surface area (Å²) >= 11 is 6.07. The van der Waals surface area contributed by atoms with Gasteiger partial charge in [0, 0.05) is 5.69 Å². The number of nitrogens with zero attached hydrogens (tertiary/aromatic N) is 3. The van der Waals surface area contributed by atoms with Gasteiger partial charge in [-0.1, -0.05) is 11.6 Å². The molecule has 0 bridgehead atoms. The van der Waals surface area contributed by atoms with Crippen LogP contribution in [0.2, 0.25) is 5.02 Å². The van der Waals surface area contributed by atoms with Gasteiger partial charge in [0.05, 0.1) is 21.8 Å². The minimum Gasteiger partial charge on any atom is -0.456 e. The molecule has 164 valence electrons. The summed E-state index contributed by atoms with van der Waals surface area (Å²) in [5.41, 5.74) is -1.62. The topological polar surface area (TPSA) is 90.7 Å². The van der Waals surface area contributed by atoms with Crippen molar-refractivity contribution < 1.29 is 23.5 Å². The number of hydrogen-bond acceptors (Lipinski definition) is 5. The van der Waals surface area contributed by atoms with Crippen molar-refractivity contribution in [3.63, 3.8) is 0 Å². The SMILES string of the molecule is CC1(OC(=O)c2ccc(N3C(=O)N(c4ccc(C#N)c(Cl)c4)C(=O)C3(C)C)cc2F)CC1. The number of halogens is 2. The summed E-state index contributed by atoms with van der Waals surface area (Å²) in [5.74, 6) is -2.17. The molecule has 32 heavy (non-hydrogen) atoms. The Labute approximate surface area is 188 Å². The second-order valence-corrected chi connectivity index (χ2v) is 9.00. The molecular formula is C23H19ClFN3O4. The Bertz CT molecular complexity index is 1220. The van der Waals surface area contributed by atoms with Gasteiger partial charge in [-0.25, -0.2) is 18.9 Å². The molecule has 0 atom stereocenters. The molecule has 1 aliphatic carbocycles. The van der Waals surface area contributed by atoms with E-state index >= 15 is 0 Å². The predicted molar refractivity (Wildman–Crippen MR) is 115 cm³/mol. The molecule has 0 radical (unpaired) electrons. The second kappa shape index (κ2) is 7.31. The van der Waals surface area contributed by atoms with Crippen molar-refractivity contribution in [3.8, 4) is 6.07 Å². The highest BCUT2D eigenvalue weighted by Gasteiger charge is 2.53. The third-order valence-electron chi connectivity index (χ3n) is 5.72. The Balaban J connectivity index is 1.67. The normalized spacial score (nSPS) is 18.5. The van der Waals surface area contributed by atoms with Crippen LogP contribution in [0, 0.1) is 17.1 Å². The standard InChI is InChI=1S/C23H19ClFN3O4/c1-22(2)20(30)27(14-5-4-13(12-26)17(24)10-14)21(31)28(22)15-6-7-16(18(25)11-15)19(29)32-23(3)8-9-23/h4-7,10-11H,8-9H2,1-3H3. The van der Waals surface area contributed by atoms with E-state index in [1.54, 1.807) is 6.92 Å². The molecule has 7 nitrogen and oxygen atoms in total. The lowest BCUT2D eigenvalue weighted by Gasteiger charge is -2.28. The van der Waals surface area contributed by atoms with Crippen molar-refractivity contribution in [2.24, 2.45) is 0 Å². The fourth-order valence-electron chi connectivity index (χ4n) is 3.56. The number of amides is 3. The first kappa shape index (κ1) is 21.8. The van der Waals surface area contributed by atoms with E-state index in [0.29, 0.717) is 0 Å². The zero-order valence-corrected chi connectivity index (χ0v) is 18.4. The number of urea groups is 1. The number of imide groups is 1. The predicted octanol–water partition coefficient (Wildman–Crippen LogP) is 4.81. The van der Waals surface area contributed by atoms with Crippen LogP contribution >= 0.6 is 11.6 Å². The maximum Gasteiger partial charge on any atom is 0.341 e. The highest BCUT2D eigenvalue weighted by Crippen LogP contribution is 2.40. The number of nitriles is 1. The van der Waals surface area contributed by atoms with Gasteiger partial charge in [0.1, 0.15) is 23.0 Å². The molecule has 1 aliphatic heterocycles. The van der Waals surface area contributed by atoms with Crippen molar-refractivity contribution in [1.82, 2.24) is 0 Å². The number of benzene rings is 2. The van der Waals surface area contributed by atoms with E-state index in [4.69, 9.17) is 21.6 Å². The van der Waals surface area contributed by atoms with Gasteiger partial charge < -0.3 is 4.74 Å². The zero-order chi connectivity index (χ0) is 23.4. The third kappa shape index (κ3) is 3.49. The maximum atomic E-state index is 14.8. The number of rotatable bonds is 4. The van der Waals surface area contributed by atoms with E-state index in [1.807, 2.05) is 6.07 Å². The molecule has 2 fully saturated rings. The fourth-order valence-corrected chi connectivity index (χ4v) is 3.77. The van der Waals surface area contributed by atoms with Crippen molar-refractivity contribution in [3.05, 3.63) is 58.4 Å². The lowest BCUT2D eigenvalue weighted by Crippen LogP contribution is -2.44. The van der Waals surface area contributed by atoms with Crippen molar-refractivity contribution >= 4 is 40.9 Å². The van der Waals surface area contributed by atoms with E-state index in [0.717, 1.165) is 28.7 Å². The summed E-state index contributed by atoms with van der Waals surface area (Å²) in [5, 5.41) is 9.14. The highest BCUT2D eigenvalue weighted by atomic mass is 35.5. The summed E-state index contributed by atoms with van der Waals surface area (Å²) in [6.45, 7) is 4.84. The smallest absolute Gasteiger partial charge is 0.341 e. The summed E-state index contributed by atoms with van der Waals surface area (Å²) in [6.07, 6.45) is 1.46. The first-order valence-corrected chi connectivity index (χ1v) is 10.3. The van der Waals surface area contributed by atoms with Crippen molar-refractivity contribution in [1.29, 1.82) is 5.26 Å². The van der Waals surface area contributed by atoms with E-state index in [-0.39, 0.29) is 27.5 Å². The molecule has 0 spiro atoms. The molecular weight excluding hydrogens is 437 g/mol. The molecule has 0 N–H and O–H groups in total. The Morgan fingerprint density at radius 3 is 2.34 bits per heavy atom. The average Bonchev–Trinajstić information content (AvgIpc) is 3.40. The van der Waals surface area contributed by atoms with Gasteiger partial charge >= 0.3 is 12.0 Å². The van der Waals surface area contributed by atoms with Crippen LogP contribution in [0.15, 0.2) is 36.4 Å². The number of ether oxygens (including phenoxy) is 1. The first-order chi connectivity index (χ1) is 15.0. The molecule has 1 saturated heterocycles. The van der Waals surface area contributed by atoms with Crippen LogP contribution in [-0.2, 0) is 9.53 Å². The summed E-state index contributed by atoms with van der Waals surface area (Å²) in [7, 11) is 0. The summed E-state index contributed by atoms with van der Waals surface area (Å²) in [6, 6.07) is 9.10. The molecule has 2 aliphatic rings. The summed E-state index contributed by atoms with van der Waals surface area (Å²) in [4.78, 5) is 40.7. The second-order valence-electron chi connectivity index (χ2n) is 8.60. The van der Waals surface area contributed by atoms with Gasteiger partial charge in [0.25, 0.3) is 5.91 Å². The van der Waals surface area contributed by atoms with Crippen LogP contribution in [0.5, 0.6) is 0 Å². The van der Waals surface area contributed by atoms with E-state index in [1.165, 1.54) is 44.2 Å². The van der Waals surface area contributed by atoms with Gasteiger partial charge in [-0.15, -0.1) is 0 Å². The molecule has 1 heterocycles. The van der Waals surface area contributed by atoms with Gasteiger partial charge in [-0.05, 0) is 70.0 Å². The minimum absolute atomic E-state index is 0.0973. The van der Waals surface area contributed by atoms with Crippen LogP contribution in [0.25, 0.3) is 0 Å². The lowest BCUT2D eigenvalue weighted by molar-refractivity contribution is -0.120. The Morgan fingerprint density at radius 1 is 1.12 bits per heavy atom. The molecule has 9 heteroatoms. The fraction of sp³-hybridized carbons (Fsp3) is 0.304. The molecule has 1 saturated carbocycles. The number of anilines is 2. The van der Waals surface area contributed by atoms with E-state index < -0.39 is 34.9 Å². The molecule has 4 rings (SSSR count). The van der Waals surface area contributed by atoms with Gasteiger partial charge in [-0.2, -0.15) is 5.26 Å². The van der Waals surface area contributed by atoms with Gasteiger partial charge in [-0.3, -0.25) is 9.69 Å². The van der Waals surface area contributed by atoms with Gasteiger partial charge in [0.2, 0.25) is 0 Å².